The molecule has 2 aromatic carbocycles. The van der Waals surface area contributed by atoms with Crippen LogP contribution in [-0.4, -0.2) is 11.2 Å². The highest BCUT2D eigenvalue weighted by atomic mass is 16.3. The lowest BCUT2D eigenvalue weighted by Gasteiger charge is -2.07. The standard InChI is InChI=1S/C19H22O/c20-19(16-15-18-11-5-2-6-12-18)14-8-7-13-17-9-3-1-4-10-17/h1-12,19-20H,13-16H2/b8-7+. The molecule has 0 heterocycles. The molecule has 0 aromatic heterocycles. The van der Waals surface area contributed by atoms with Gasteiger partial charge in [0.05, 0.1) is 6.10 Å². The van der Waals surface area contributed by atoms with E-state index in [0.29, 0.717) is 0 Å². The van der Waals surface area contributed by atoms with Gasteiger partial charge < -0.3 is 5.11 Å². The lowest BCUT2D eigenvalue weighted by Crippen LogP contribution is -2.06. The van der Waals surface area contributed by atoms with Crippen LogP contribution < -0.4 is 0 Å². The third-order valence-corrected chi connectivity index (χ3v) is 3.38. The van der Waals surface area contributed by atoms with E-state index in [1.165, 1.54) is 11.1 Å². The molecule has 0 amide bonds. The summed E-state index contributed by atoms with van der Waals surface area (Å²) in [5.74, 6) is 0. The number of aryl methyl sites for hydroxylation is 1. The molecule has 0 aliphatic heterocycles. The predicted octanol–water partition coefficient (Wildman–Crippen LogP) is 4.17. The lowest BCUT2D eigenvalue weighted by atomic mass is 10.0. The first kappa shape index (κ1) is 14.5. The van der Waals surface area contributed by atoms with Gasteiger partial charge in [0, 0.05) is 0 Å². The molecule has 0 aliphatic rings. The minimum atomic E-state index is -0.248. The molecular weight excluding hydrogens is 244 g/mol. The second kappa shape index (κ2) is 8.34. The molecule has 2 aromatic rings. The van der Waals surface area contributed by atoms with Gasteiger partial charge in [-0.15, -0.1) is 0 Å². The van der Waals surface area contributed by atoms with E-state index in [-0.39, 0.29) is 6.10 Å². The van der Waals surface area contributed by atoms with Gasteiger partial charge in [-0.2, -0.15) is 0 Å². The maximum absolute atomic E-state index is 9.96. The fraction of sp³-hybridized carbons (Fsp3) is 0.263. The predicted molar refractivity (Wildman–Crippen MR) is 84.7 cm³/mol. The second-order valence-corrected chi connectivity index (χ2v) is 5.07. The molecular formula is C19H22O. The molecule has 1 unspecified atom stereocenters. The number of rotatable bonds is 7. The Balaban J connectivity index is 1.66. The second-order valence-electron chi connectivity index (χ2n) is 5.07. The van der Waals surface area contributed by atoms with Gasteiger partial charge >= 0.3 is 0 Å². The summed E-state index contributed by atoms with van der Waals surface area (Å²) in [7, 11) is 0. The van der Waals surface area contributed by atoms with Crippen molar-refractivity contribution in [1.29, 1.82) is 0 Å². The highest BCUT2D eigenvalue weighted by Gasteiger charge is 2.02. The zero-order valence-corrected chi connectivity index (χ0v) is 11.8. The van der Waals surface area contributed by atoms with Crippen molar-refractivity contribution >= 4 is 0 Å². The zero-order valence-electron chi connectivity index (χ0n) is 11.8. The molecule has 1 atom stereocenters. The molecule has 0 fully saturated rings. The normalized spacial score (nSPS) is 12.7. The van der Waals surface area contributed by atoms with Crippen molar-refractivity contribution in [2.75, 3.05) is 0 Å². The fourth-order valence-corrected chi connectivity index (χ4v) is 2.18. The fourth-order valence-electron chi connectivity index (χ4n) is 2.18. The minimum absolute atomic E-state index is 0.248. The molecule has 0 saturated heterocycles. The van der Waals surface area contributed by atoms with Crippen LogP contribution in [0.5, 0.6) is 0 Å². The van der Waals surface area contributed by atoms with E-state index >= 15 is 0 Å². The minimum Gasteiger partial charge on any atom is -0.393 e. The highest BCUT2D eigenvalue weighted by Crippen LogP contribution is 2.08. The molecule has 0 aliphatic carbocycles. The monoisotopic (exact) mass is 266 g/mol. The number of hydrogen-bond donors (Lipinski definition) is 1. The SMILES string of the molecule is OC(C/C=C/Cc1ccccc1)CCc1ccccc1. The van der Waals surface area contributed by atoms with Crippen LogP contribution in [0.4, 0.5) is 0 Å². The molecule has 0 radical (unpaired) electrons. The lowest BCUT2D eigenvalue weighted by molar-refractivity contribution is 0.168. The quantitative estimate of drug-likeness (QED) is 0.746. The summed E-state index contributed by atoms with van der Waals surface area (Å²) >= 11 is 0. The first-order valence-electron chi connectivity index (χ1n) is 7.25. The first-order valence-corrected chi connectivity index (χ1v) is 7.25. The van der Waals surface area contributed by atoms with Crippen LogP contribution in [0.1, 0.15) is 24.0 Å². The van der Waals surface area contributed by atoms with E-state index in [4.69, 9.17) is 0 Å². The third kappa shape index (κ3) is 5.41. The zero-order chi connectivity index (χ0) is 14.0. The average Bonchev–Trinajstić information content (AvgIpc) is 2.52. The Bertz CT molecular complexity index is 502. The maximum atomic E-state index is 9.96. The van der Waals surface area contributed by atoms with Gasteiger partial charge in [0.25, 0.3) is 0 Å². The van der Waals surface area contributed by atoms with Crippen LogP contribution in [0.15, 0.2) is 72.8 Å². The Morgan fingerprint density at radius 3 is 2.05 bits per heavy atom. The smallest absolute Gasteiger partial charge is 0.0577 e. The Kier molecular flexibility index (Phi) is 6.07. The van der Waals surface area contributed by atoms with Gasteiger partial charge in [-0.25, -0.2) is 0 Å². The van der Waals surface area contributed by atoms with Crippen LogP contribution >= 0.6 is 0 Å². The van der Waals surface area contributed by atoms with Gasteiger partial charge in [-0.05, 0) is 36.8 Å². The van der Waals surface area contributed by atoms with E-state index in [0.717, 1.165) is 25.7 Å². The van der Waals surface area contributed by atoms with E-state index in [1.54, 1.807) is 0 Å². The average molecular weight is 266 g/mol. The van der Waals surface area contributed by atoms with Gasteiger partial charge in [-0.1, -0.05) is 72.8 Å². The van der Waals surface area contributed by atoms with E-state index in [9.17, 15) is 5.11 Å². The van der Waals surface area contributed by atoms with E-state index in [2.05, 4.69) is 48.6 Å². The Morgan fingerprint density at radius 1 is 0.800 bits per heavy atom. The third-order valence-electron chi connectivity index (χ3n) is 3.38. The summed E-state index contributed by atoms with van der Waals surface area (Å²) in [5, 5.41) is 9.96. The van der Waals surface area contributed by atoms with Crippen molar-refractivity contribution < 1.29 is 5.11 Å². The summed E-state index contributed by atoms with van der Waals surface area (Å²) in [4.78, 5) is 0. The number of aliphatic hydroxyl groups excluding tert-OH is 1. The first-order chi connectivity index (χ1) is 9.84. The van der Waals surface area contributed by atoms with Crippen molar-refractivity contribution in [3.63, 3.8) is 0 Å². The number of aliphatic hydroxyl groups is 1. The molecule has 20 heavy (non-hydrogen) atoms. The van der Waals surface area contributed by atoms with E-state index in [1.807, 2.05) is 24.3 Å². The number of benzene rings is 2. The topological polar surface area (TPSA) is 20.2 Å². The molecule has 0 saturated carbocycles. The van der Waals surface area contributed by atoms with E-state index < -0.39 is 0 Å². The Morgan fingerprint density at radius 2 is 1.40 bits per heavy atom. The molecule has 1 nitrogen and oxygen atoms in total. The maximum Gasteiger partial charge on any atom is 0.0577 e. The molecule has 2 rings (SSSR count). The molecule has 104 valence electrons. The highest BCUT2D eigenvalue weighted by molar-refractivity contribution is 5.17. The summed E-state index contributed by atoms with van der Waals surface area (Å²) in [6.07, 6.45) is 7.41. The van der Waals surface area contributed by atoms with Gasteiger partial charge in [-0.3, -0.25) is 0 Å². The number of allylic oxidation sites excluding steroid dienone is 1. The van der Waals surface area contributed by atoms with Crippen molar-refractivity contribution in [3.05, 3.63) is 83.9 Å². The van der Waals surface area contributed by atoms with Crippen LogP contribution in [0.3, 0.4) is 0 Å². The van der Waals surface area contributed by atoms with Gasteiger partial charge in [0.15, 0.2) is 0 Å². The van der Waals surface area contributed by atoms with Crippen LogP contribution in [-0.2, 0) is 12.8 Å². The van der Waals surface area contributed by atoms with Crippen molar-refractivity contribution in [2.45, 2.75) is 31.8 Å². The van der Waals surface area contributed by atoms with Crippen molar-refractivity contribution in [2.24, 2.45) is 0 Å². The Labute approximate surface area is 121 Å². The van der Waals surface area contributed by atoms with Crippen LogP contribution in [0.2, 0.25) is 0 Å². The molecule has 0 spiro atoms. The molecule has 0 bridgehead atoms. The summed E-state index contributed by atoms with van der Waals surface area (Å²) in [6, 6.07) is 20.7. The van der Waals surface area contributed by atoms with Gasteiger partial charge in [0.2, 0.25) is 0 Å². The molecule has 1 N–H and O–H groups in total. The van der Waals surface area contributed by atoms with Gasteiger partial charge in [0.1, 0.15) is 0 Å². The number of hydrogen-bond acceptors (Lipinski definition) is 1. The Hall–Kier alpha value is -1.86. The molecule has 1 heteroatoms. The van der Waals surface area contributed by atoms with Crippen molar-refractivity contribution in [3.8, 4) is 0 Å². The summed E-state index contributed by atoms with van der Waals surface area (Å²) in [6.45, 7) is 0. The van der Waals surface area contributed by atoms with Crippen LogP contribution in [0, 0.1) is 0 Å². The summed E-state index contributed by atoms with van der Waals surface area (Å²) < 4.78 is 0. The largest absolute Gasteiger partial charge is 0.393 e. The summed E-state index contributed by atoms with van der Waals surface area (Å²) in [5.41, 5.74) is 2.60. The van der Waals surface area contributed by atoms with Crippen LogP contribution in [0.25, 0.3) is 0 Å². The van der Waals surface area contributed by atoms with Crippen molar-refractivity contribution in [1.82, 2.24) is 0 Å².